The molecule has 0 aliphatic carbocycles. The summed E-state index contributed by atoms with van der Waals surface area (Å²) < 4.78 is 915. The summed E-state index contributed by atoms with van der Waals surface area (Å²) >= 11 is 0. The first kappa shape index (κ1) is 94.9. The Bertz CT molecular complexity index is 2980. The van der Waals surface area contributed by atoms with Gasteiger partial charge in [0.05, 0.1) is 0 Å². The van der Waals surface area contributed by atoms with Gasteiger partial charge >= 0.3 is 196 Å². The normalized spacial score (nSPS) is 17.3. The van der Waals surface area contributed by atoms with Gasteiger partial charge in [-0.1, -0.05) is 0 Å². The summed E-state index contributed by atoms with van der Waals surface area (Å²) in [7, 11) is 0. The number of ether oxygens (including phenoxy) is 1. The van der Waals surface area contributed by atoms with Crippen molar-refractivity contribution in [3.8, 4) is 0 Å². The monoisotopic (exact) mass is 1670 g/mol. The minimum absolute atomic E-state index is 1.19. The van der Waals surface area contributed by atoms with Crippen molar-refractivity contribution in [2.24, 2.45) is 0 Å². The molecule has 0 aromatic carbocycles. The zero-order chi connectivity index (χ0) is 83.4. The molecule has 0 aliphatic heterocycles. The summed E-state index contributed by atoms with van der Waals surface area (Å²) in [6.07, 6.45) is -22.1. The van der Waals surface area contributed by atoms with Gasteiger partial charge in [-0.25, -0.2) is 0 Å². The Balaban J connectivity index is 8.44. The molecule has 0 fully saturated rings. The highest BCUT2D eigenvalue weighted by Gasteiger charge is 3.06. The van der Waals surface area contributed by atoms with E-state index in [4.69, 9.17) is 0 Å². The predicted octanol–water partition coefficient (Wildman–Crippen LogP) is 21.6. The lowest BCUT2D eigenvalue weighted by atomic mass is 9.80. The molecule has 100 heavy (non-hydrogen) atoms. The molecule has 0 radical (unpaired) electrons. The first-order valence-corrected chi connectivity index (χ1v) is 20.6. The molecule has 0 aromatic rings. The molecule has 67 heteroatoms. The van der Waals surface area contributed by atoms with E-state index in [0.29, 0.717) is 0 Å². The van der Waals surface area contributed by atoms with Crippen LogP contribution in [0.15, 0.2) is 12.1 Å². The number of hydrogen-bond acceptors (Lipinski definition) is 1. The molecule has 0 heterocycles. The molecule has 0 saturated carbocycles. The maximum atomic E-state index is 14.3. The fourth-order valence-electron chi connectivity index (χ4n) is 5.90. The SMILES string of the molecule is FC(F)=C(F)OC(F)(F)C(F)(F)C(F)(F)C(F)(F)C(F)(F)C(F)(F)C(F)(F)C(F)(F)C(F)(F)C(F)(F)C(F)(F)C(F)(F)C(F)(F)C(F)(F)C(F)(F)C(F)(F)C(F)(F)C(F)(F)C(F)(F)C(F)(F)C(F)(F)C(F)(F)C(F)(F)C(F)(F)C(F)(F)C(F)(F)C(F)(F)C(F)(F)C(F)(F)C(F)(F)C(F)(F)F. The molecular formula is C33F66O. The zero-order valence-electron chi connectivity index (χ0n) is 41.9. The number of halogens is 66. The van der Waals surface area contributed by atoms with Crippen LogP contribution in [-0.2, 0) is 4.74 Å². The molecule has 0 aromatic heterocycles. The Kier molecular flexibility index (Phi) is 21.8. The molecule has 0 spiro atoms. The van der Waals surface area contributed by atoms with Crippen LogP contribution in [0, 0.1) is 0 Å². The van der Waals surface area contributed by atoms with E-state index in [1.165, 1.54) is 4.74 Å². The Morgan fingerprint density at radius 1 is 0.120 bits per heavy atom. The molecule has 0 unspecified atom stereocenters. The van der Waals surface area contributed by atoms with Gasteiger partial charge in [0.25, 0.3) is 0 Å². The highest BCUT2D eigenvalue weighted by molar-refractivity contribution is 5.26. The van der Waals surface area contributed by atoms with Crippen LogP contribution in [0.2, 0.25) is 0 Å². The van der Waals surface area contributed by atoms with Crippen molar-refractivity contribution in [1.29, 1.82) is 0 Å². The topological polar surface area (TPSA) is 9.23 Å². The highest BCUT2D eigenvalue weighted by atomic mass is 19.5. The van der Waals surface area contributed by atoms with Gasteiger partial charge in [0.2, 0.25) is 0 Å². The van der Waals surface area contributed by atoms with Crippen LogP contribution in [-0.4, -0.2) is 184 Å². The third-order valence-corrected chi connectivity index (χ3v) is 12.1. The van der Waals surface area contributed by atoms with Gasteiger partial charge in [0, 0.05) is 0 Å². The average Bonchev–Trinajstić information content (AvgIpc) is 0.681. The second-order valence-electron chi connectivity index (χ2n) is 18.3. The van der Waals surface area contributed by atoms with E-state index >= 15 is 0 Å². The predicted molar refractivity (Wildman–Crippen MR) is 166 cm³/mol. The van der Waals surface area contributed by atoms with E-state index in [1.807, 2.05) is 0 Å². The lowest BCUT2D eigenvalue weighted by molar-refractivity contribution is -0.502. The van der Waals surface area contributed by atoms with Crippen molar-refractivity contribution in [2.75, 3.05) is 0 Å². The third kappa shape index (κ3) is 10.5. The molecule has 600 valence electrons. The number of hydrogen-bond donors (Lipinski definition) is 0. The Hall–Kier alpha value is -5.08. The molecule has 0 amide bonds. The summed E-state index contributed by atoms with van der Waals surface area (Å²) in [6.45, 7) is 0. The molecule has 0 aliphatic rings. The maximum absolute atomic E-state index is 14.3. The van der Waals surface area contributed by atoms with Crippen molar-refractivity contribution in [1.82, 2.24) is 0 Å². The minimum Gasteiger partial charge on any atom is -0.397 e. The average molecular weight is 1670 g/mol. The van der Waals surface area contributed by atoms with E-state index in [-0.39, 0.29) is 0 Å². The van der Waals surface area contributed by atoms with E-state index in [0.717, 1.165) is 0 Å². The van der Waals surface area contributed by atoms with Gasteiger partial charge in [-0.2, -0.15) is 290 Å². The van der Waals surface area contributed by atoms with Crippen molar-refractivity contribution >= 4 is 0 Å². The maximum Gasteiger partial charge on any atom is 0.472 e. The Morgan fingerprint density at radius 3 is 0.280 bits per heavy atom. The van der Waals surface area contributed by atoms with E-state index in [2.05, 4.69) is 0 Å². The fraction of sp³-hybridized carbons (Fsp3) is 0.939. The highest BCUT2D eigenvalue weighted by Crippen LogP contribution is 2.75. The summed E-state index contributed by atoms with van der Waals surface area (Å²) in [5.74, 6) is -314. The quantitative estimate of drug-likeness (QED) is 0.0497. The van der Waals surface area contributed by atoms with E-state index < -0.39 is 196 Å². The summed E-state index contributed by atoms with van der Waals surface area (Å²) in [4.78, 5) is 0. The number of alkyl halides is 63. The molecule has 0 atom stereocenters. The molecule has 1 nitrogen and oxygen atoms in total. The van der Waals surface area contributed by atoms with Gasteiger partial charge < -0.3 is 4.74 Å². The third-order valence-electron chi connectivity index (χ3n) is 12.1. The Morgan fingerprint density at radius 2 is 0.200 bits per heavy atom. The van der Waals surface area contributed by atoms with Crippen LogP contribution in [0.25, 0.3) is 0 Å². The summed E-state index contributed by atoms with van der Waals surface area (Å²) in [5, 5.41) is 0. The van der Waals surface area contributed by atoms with Crippen LogP contribution >= 0.6 is 0 Å². The molecule has 0 rings (SSSR count). The lowest BCUT2D eigenvalue weighted by Gasteiger charge is -2.48. The van der Waals surface area contributed by atoms with Gasteiger partial charge in [0.15, 0.2) is 0 Å². The first-order chi connectivity index (χ1) is 41.8. The van der Waals surface area contributed by atoms with Crippen molar-refractivity contribution in [2.45, 2.75) is 184 Å². The lowest BCUT2D eigenvalue weighted by Crippen LogP contribution is -2.81. The van der Waals surface area contributed by atoms with Crippen molar-refractivity contribution in [3.63, 3.8) is 0 Å². The van der Waals surface area contributed by atoms with Crippen LogP contribution in [0.3, 0.4) is 0 Å². The second-order valence-corrected chi connectivity index (χ2v) is 18.3. The molecule has 0 N–H and O–H groups in total. The minimum atomic E-state index is -11.3. The van der Waals surface area contributed by atoms with E-state index in [9.17, 15) is 290 Å². The Labute approximate surface area is 492 Å². The second kappa shape index (κ2) is 23.0. The fourth-order valence-corrected chi connectivity index (χ4v) is 5.90. The van der Waals surface area contributed by atoms with Crippen LogP contribution in [0.5, 0.6) is 0 Å². The zero-order valence-corrected chi connectivity index (χ0v) is 41.9. The smallest absolute Gasteiger partial charge is 0.397 e. The number of rotatable bonds is 31. The van der Waals surface area contributed by atoms with Gasteiger partial charge in [-0.15, -0.1) is 0 Å². The molecular weight excluding hydrogens is 1670 g/mol. The van der Waals surface area contributed by atoms with Crippen LogP contribution in [0.1, 0.15) is 0 Å². The van der Waals surface area contributed by atoms with Gasteiger partial charge in [-0.05, 0) is 0 Å². The van der Waals surface area contributed by atoms with Crippen LogP contribution in [0.4, 0.5) is 290 Å². The summed E-state index contributed by atoms with van der Waals surface area (Å²) in [6, 6.07) is -4.86. The molecule has 0 saturated heterocycles. The standard InChI is InChI=1S/C33F66O/c34-1(35)2(36)100-33(98,99)31(93,94)29(89,90)27(85,86)25(81,82)23(77,78)21(73,74)19(69,70)17(65,66)15(61,62)13(57,58)11(53,54)9(49,50)7(45,46)5(41,42)3(37,38)4(39,40)6(43,44)8(47,48)10(51,52)12(55,56)14(59,60)16(63,64)18(67,68)20(71,72)22(75,76)24(79,80)26(83,84)28(87,88)30(91,92)32(95,96)97. The largest absolute Gasteiger partial charge is 0.472 e. The van der Waals surface area contributed by atoms with Crippen molar-refractivity contribution in [3.05, 3.63) is 12.1 Å². The van der Waals surface area contributed by atoms with E-state index in [1.54, 1.807) is 0 Å². The first-order valence-electron chi connectivity index (χ1n) is 20.6. The summed E-state index contributed by atoms with van der Waals surface area (Å²) in [5.41, 5.74) is 0. The van der Waals surface area contributed by atoms with Gasteiger partial charge in [0.1, 0.15) is 0 Å². The van der Waals surface area contributed by atoms with Crippen molar-refractivity contribution < 1.29 is 295 Å². The van der Waals surface area contributed by atoms with Gasteiger partial charge in [-0.3, -0.25) is 0 Å². The molecule has 0 bridgehead atoms. The van der Waals surface area contributed by atoms with Crippen LogP contribution < -0.4 is 0 Å².